The summed E-state index contributed by atoms with van der Waals surface area (Å²) >= 11 is 7.44. The van der Waals surface area contributed by atoms with E-state index in [0.717, 1.165) is 30.7 Å². The van der Waals surface area contributed by atoms with E-state index < -0.39 is 0 Å². The first-order valence-corrected chi connectivity index (χ1v) is 10.7. The van der Waals surface area contributed by atoms with Crippen LogP contribution in [0.5, 0.6) is 5.75 Å². The quantitative estimate of drug-likeness (QED) is 0.534. The second-order valence-corrected chi connectivity index (χ2v) is 8.07. The Hall–Kier alpha value is -2.41. The van der Waals surface area contributed by atoms with Crippen LogP contribution in [0.15, 0.2) is 53.9 Å². The number of thiazole rings is 1. The predicted molar refractivity (Wildman–Crippen MR) is 116 cm³/mol. The molecule has 0 saturated carbocycles. The van der Waals surface area contributed by atoms with E-state index in [1.54, 1.807) is 36.3 Å². The van der Waals surface area contributed by atoms with Gasteiger partial charge in [0.15, 0.2) is 5.13 Å². The SMILES string of the molecule is COc1ccc(C(=O)N(C[C@@H]2CCCO2)c2nc(-c3ccc(Cl)cc3)cs2)cc1. The summed E-state index contributed by atoms with van der Waals surface area (Å²) in [4.78, 5) is 19.8. The summed E-state index contributed by atoms with van der Waals surface area (Å²) in [6, 6.07) is 14.7. The first-order valence-electron chi connectivity index (χ1n) is 9.43. The number of hydrogen-bond acceptors (Lipinski definition) is 5. The number of nitrogens with zero attached hydrogens (tertiary/aromatic N) is 2. The highest BCUT2D eigenvalue weighted by molar-refractivity contribution is 7.14. The van der Waals surface area contributed by atoms with Crippen LogP contribution in [0, 0.1) is 0 Å². The average molecular weight is 429 g/mol. The van der Waals surface area contributed by atoms with Crippen LogP contribution in [0.25, 0.3) is 11.3 Å². The zero-order chi connectivity index (χ0) is 20.2. The molecule has 0 N–H and O–H groups in total. The maximum atomic E-state index is 13.3. The van der Waals surface area contributed by atoms with Gasteiger partial charge >= 0.3 is 0 Å². The van der Waals surface area contributed by atoms with Crippen LogP contribution in [-0.4, -0.2) is 37.3 Å². The fourth-order valence-corrected chi connectivity index (χ4v) is 4.24. The van der Waals surface area contributed by atoms with E-state index in [4.69, 9.17) is 26.1 Å². The standard InChI is InChI=1S/C22H21ClN2O3S/c1-27-18-10-6-16(7-11-18)21(26)25(13-19-3-2-12-28-19)22-24-20(14-29-22)15-4-8-17(23)9-5-15/h4-11,14,19H,2-3,12-13H2,1H3/t19-/m0/s1. The number of benzene rings is 2. The lowest BCUT2D eigenvalue weighted by Crippen LogP contribution is -2.37. The Kier molecular flexibility index (Phi) is 6.13. The van der Waals surface area contributed by atoms with E-state index >= 15 is 0 Å². The lowest BCUT2D eigenvalue weighted by molar-refractivity contribution is 0.0917. The van der Waals surface area contributed by atoms with Gasteiger partial charge in [-0.25, -0.2) is 4.98 Å². The van der Waals surface area contributed by atoms with Gasteiger partial charge in [-0.05, 0) is 49.2 Å². The molecule has 0 bridgehead atoms. The van der Waals surface area contributed by atoms with Crippen LogP contribution in [0.2, 0.25) is 5.02 Å². The largest absolute Gasteiger partial charge is 0.497 e. The molecule has 1 aliphatic heterocycles. The molecule has 29 heavy (non-hydrogen) atoms. The maximum Gasteiger partial charge on any atom is 0.260 e. The van der Waals surface area contributed by atoms with Crippen LogP contribution in [-0.2, 0) is 4.74 Å². The minimum Gasteiger partial charge on any atom is -0.497 e. The minimum atomic E-state index is -0.0971. The molecule has 1 amide bonds. The summed E-state index contributed by atoms with van der Waals surface area (Å²) in [5, 5.41) is 3.30. The summed E-state index contributed by atoms with van der Waals surface area (Å²) in [7, 11) is 1.61. The Morgan fingerprint density at radius 3 is 2.66 bits per heavy atom. The molecule has 1 fully saturated rings. The number of carbonyl (C=O) groups is 1. The maximum absolute atomic E-state index is 13.3. The fourth-order valence-electron chi connectivity index (χ4n) is 3.27. The molecule has 0 unspecified atom stereocenters. The highest BCUT2D eigenvalue weighted by Crippen LogP contribution is 2.30. The van der Waals surface area contributed by atoms with Gasteiger partial charge in [0.05, 0.1) is 25.5 Å². The van der Waals surface area contributed by atoms with E-state index in [2.05, 4.69) is 0 Å². The van der Waals surface area contributed by atoms with E-state index in [9.17, 15) is 4.79 Å². The van der Waals surface area contributed by atoms with Crippen molar-refractivity contribution in [2.75, 3.05) is 25.2 Å². The Balaban J connectivity index is 1.62. The third-order valence-corrected chi connectivity index (χ3v) is 5.97. The van der Waals surface area contributed by atoms with E-state index in [1.807, 2.05) is 29.6 Å². The third-order valence-electron chi connectivity index (χ3n) is 4.86. The number of carbonyl (C=O) groups excluding carboxylic acids is 1. The number of amides is 1. The Morgan fingerprint density at radius 1 is 1.24 bits per heavy atom. The molecule has 7 heteroatoms. The summed E-state index contributed by atoms with van der Waals surface area (Å²) in [6.45, 7) is 1.22. The van der Waals surface area contributed by atoms with Gasteiger partial charge in [-0.1, -0.05) is 23.7 Å². The monoisotopic (exact) mass is 428 g/mol. The Bertz CT molecular complexity index is 966. The molecule has 0 spiro atoms. The van der Waals surface area contributed by atoms with Gasteiger partial charge in [0.25, 0.3) is 5.91 Å². The molecule has 1 saturated heterocycles. The molecule has 3 aromatic rings. The molecule has 150 valence electrons. The number of rotatable bonds is 6. The van der Waals surface area contributed by atoms with Gasteiger partial charge < -0.3 is 9.47 Å². The first kappa shape index (κ1) is 19.9. The van der Waals surface area contributed by atoms with Crippen LogP contribution in [0.3, 0.4) is 0 Å². The fraction of sp³-hybridized carbons (Fsp3) is 0.273. The molecule has 2 aromatic carbocycles. The summed E-state index contributed by atoms with van der Waals surface area (Å²) in [5.41, 5.74) is 2.37. The summed E-state index contributed by atoms with van der Waals surface area (Å²) < 4.78 is 11.0. The molecule has 5 nitrogen and oxygen atoms in total. The Morgan fingerprint density at radius 2 is 2.00 bits per heavy atom. The van der Waals surface area contributed by atoms with E-state index in [0.29, 0.717) is 28.0 Å². The predicted octanol–water partition coefficient (Wildman–Crippen LogP) is 5.30. The molecular formula is C22H21ClN2O3S. The topological polar surface area (TPSA) is 51.7 Å². The van der Waals surface area contributed by atoms with Crippen molar-refractivity contribution in [1.29, 1.82) is 0 Å². The van der Waals surface area contributed by atoms with Crippen molar-refractivity contribution in [1.82, 2.24) is 4.98 Å². The molecule has 1 atom stereocenters. The van der Waals surface area contributed by atoms with Crippen LogP contribution >= 0.6 is 22.9 Å². The smallest absolute Gasteiger partial charge is 0.260 e. The van der Waals surface area contributed by atoms with Gasteiger partial charge in [-0.3, -0.25) is 9.69 Å². The molecule has 1 aromatic heterocycles. The highest BCUT2D eigenvalue weighted by Gasteiger charge is 2.27. The zero-order valence-electron chi connectivity index (χ0n) is 16.0. The molecule has 2 heterocycles. The molecule has 0 aliphatic carbocycles. The van der Waals surface area contributed by atoms with E-state index in [1.165, 1.54) is 11.3 Å². The van der Waals surface area contributed by atoms with Crippen molar-refractivity contribution in [2.45, 2.75) is 18.9 Å². The lowest BCUT2D eigenvalue weighted by Gasteiger charge is -2.23. The van der Waals surface area contributed by atoms with Gasteiger partial charge in [-0.2, -0.15) is 0 Å². The van der Waals surface area contributed by atoms with Gasteiger partial charge in [0, 0.05) is 28.1 Å². The highest BCUT2D eigenvalue weighted by atomic mass is 35.5. The summed E-state index contributed by atoms with van der Waals surface area (Å²) in [6.07, 6.45) is 1.99. The number of hydrogen-bond donors (Lipinski definition) is 0. The van der Waals surface area contributed by atoms with Crippen LogP contribution in [0.4, 0.5) is 5.13 Å². The number of anilines is 1. The number of ether oxygens (including phenoxy) is 2. The van der Waals surface area contributed by atoms with Gasteiger partial charge in [0.2, 0.25) is 0 Å². The number of methoxy groups -OCH3 is 1. The molecule has 4 rings (SSSR count). The van der Waals surface area contributed by atoms with Crippen molar-refractivity contribution in [2.24, 2.45) is 0 Å². The minimum absolute atomic E-state index is 0.0279. The molecule has 0 radical (unpaired) electrons. The normalized spacial score (nSPS) is 16.0. The number of aromatic nitrogens is 1. The van der Waals surface area contributed by atoms with E-state index in [-0.39, 0.29) is 12.0 Å². The van der Waals surface area contributed by atoms with Crippen molar-refractivity contribution < 1.29 is 14.3 Å². The van der Waals surface area contributed by atoms with Gasteiger partial charge in [0.1, 0.15) is 5.75 Å². The lowest BCUT2D eigenvalue weighted by atomic mass is 10.1. The van der Waals surface area contributed by atoms with Crippen molar-refractivity contribution >= 4 is 34.0 Å². The average Bonchev–Trinajstić information content (AvgIpc) is 3.44. The second-order valence-electron chi connectivity index (χ2n) is 6.80. The van der Waals surface area contributed by atoms with Gasteiger partial charge in [-0.15, -0.1) is 11.3 Å². The zero-order valence-corrected chi connectivity index (χ0v) is 17.6. The Labute approximate surface area is 178 Å². The first-order chi connectivity index (χ1) is 14.1. The van der Waals surface area contributed by atoms with Crippen molar-refractivity contribution in [3.05, 3.63) is 64.5 Å². The van der Waals surface area contributed by atoms with Crippen LogP contribution in [0.1, 0.15) is 23.2 Å². The molecular weight excluding hydrogens is 408 g/mol. The third kappa shape index (κ3) is 4.61. The molecule has 1 aliphatic rings. The second kappa shape index (κ2) is 8.95. The summed E-state index contributed by atoms with van der Waals surface area (Å²) in [5.74, 6) is 0.617. The van der Waals surface area contributed by atoms with Crippen molar-refractivity contribution in [3.63, 3.8) is 0 Å². The van der Waals surface area contributed by atoms with Crippen molar-refractivity contribution in [3.8, 4) is 17.0 Å². The number of halogens is 1. The van der Waals surface area contributed by atoms with Crippen LogP contribution < -0.4 is 9.64 Å².